The molecule has 36 heavy (non-hydrogen) atoms. The van der Waals surface area contributed by atoms with Crippen molar-refractivity contribution in [1.82, 2.24) is 20.3 Å². The van der Waals surface area contributed by atoms with Crippen LogP contribution in [0.15, 0.2) is 30.3 Å². The van der Waals surface area contributed by atoms with Gasteiger partial charge < -0.3 is 19.3 Å². The predicted molar refractivity (Wildman–Crippen MR) is 128 cm³/mol. The largest absolute Gasteiger partial charge is 0.444 e. The Morgan fingerprint density at radius 2 is 1.92 bits per heavy atom. The normalized spacial score (nSPS) is 24.5. The van der Waals surface area contributed by atoms with Crippen LogP contribution in [0.2, 0.25) is 0 Å². The van der Waals surface area contributed by atoms with Gasteiger partial charge in [0.1, 0.15) is 31.0 Å². The highest BCUT2D eigenvalue weighted by atomic mass is 16.7. The van der Waals surface area contributed by atoms with Crippen LogP contribution >= 0.6 is 0 Å². The van der Waals surface area contributed by atoms with E-state index in [1.807, 2.05) is 51.1 Å². The van der Waals surface area contributed by atoms with E-state index in [1.54, 1.807) is 4.90 Å². The van der Waals surface area contributed by atoms with E-state index >= 15 is 0 Å². The highest BCUT2D eigenvalue weighted by Crippen LogP contribution is 2.30. The molecule has 1 aromatic carbocycles. The molecule has 3 atom stereocenters. The smallest absolute Gasteiger partial charge is 0.410 e. The molecule has 1 unspecified atom stereocenters. The predicted octanol–water partition coefficient (Wildman–Crippen LogP) is 2.46. The lowest BCUT2D eigenvalue weighted by atomic mass is 10.0. The van der Waals surface area contributed by atoms with Crippen LogP contribution in [0.25, 0.3) is 0 Å². The fraction of sp³-hybridized carbons (Fsp3) is 0.640. The molecule has 4 amide bonds. The second-order valence-electron chi connectivity index (χ2n) is 10.3. The SMILES string of the molecule is CC(C)(C)OC(=O)N1CCCOC(CONC(=O)[C@@H]2CC[C@@H]3CN2C(=O)N3OCc2ccccc2)C1. The Balaban J connectivity index is 1.24. The molecule has 0 radical (unpaired) electrons. The van der Waals surface area contributed by atoms with Gasteiger partial charge in [0.05, 0.1) is 12.6 Å². The number of urea groups is 1. The maximum atomic E-state index is 12.9. The molecule has 3 aliphatic rings. The summed E-state index contributed by atoms with van der Waals surface area (Å²) < 4.78 is 11.2. The van der Waals surface area contributed by atoms with Crippen molar-refractivity contribution in [3.63, 3.8) is 0 Å². The Labute approximate surface area is 211 Å². The van der Waals surface area contributed by atoms with Crippen LogP contribution in [0.3, 0.4) is 0 Å². The quantitative estimate of drug-likeness (QED) is 0.568. The minimum Gasteiger partial charge on any atom is -0.444 e. The van der Waals surface area contributed by atoms with E-state index < -0.39 is 23.8 Å². The monoisotopic (exact) mass is 504 g/mol. The molecule has 3 fully saturated rings. The molecule has 4 rings (SSSR count). The van der Waals surface area contributed by atoms with Crippen LogP contribution in [-0.2, 0) is 30.6 Å². The third-order valence-electron chi connectivity index (χ3n) is 6.28. The summed E-state index contributed by atoms with van der Waals surface area (Å²) in [6.45, 7) is 7.57. The molecular formula is C25H36N4O7. The zero-order valence-corrected chi connectivity index (χ0v) is 21.2. The highest BCUT2D eigenvalue weighted by Gasteiger charge is 2.48. The van der Waals surface area contributed by atoms with Crippen LogP contribution < -0.4 is 5.48 Å². The molecule has 198 valence electrons. The first-order valence-corrected chi connectivity index (χ1v) is 12.5. The standard InChI is InChI=1S/C25H36N4O7/c1-25(2,3)36-24(32)27-12-7-13-33-20(15-27)17-34-26-22(30)21-11-10-19-14-28(21)23(31)29(19)35-16-18-8-5-4-6-9-18/h4-6,8-9,19-21H,7,10-17H2,1-3H3,(H,26,30)/t19-,20?,21+/m1/s1. The fourth-order valence-electron chi connectivity index (χ4n) is 4.55. The zero-order valence-electron chi connectivity index (χ0n) is 21.2. The van der Waals surface area contributed by atoms with Crippen molar-refractivity contribution in [2.24, 2.45) is 0 Å². The molecule has 11 nitrogen and oxygen atoms in total. The van der Waals surface area contributed by atoms with Crippen LogP contribution in [0.1, 0.15) is 45.6 Å². The number of hydroxylamine groups is 3. The number of nitrogens with zero attached hydrogens (tertiary/aromatic N) is 3. The topological polar surface area (TPSA) is 110 Å². The van der Waals surface area contributed by atoms with E-state index in [9.17, 15) is 14.4 Å². The minimum absolute atomic E-state index is 0.0701. The second kappa shape index (κ2) is 11.4. The van der Waals surface area contributed by atoms with E-state index in [0.717, 1.165) is 5.56 Å². The molecule has 0 saturated carbocycles. The molecular weight excluding hydrogens is 468 g/mol. The molecule has 11 heteroatoms. The number of amides is 4. The summed E-state index contributed by atoms with van der Waals surface area (Å²) in [6.07, 6.45) is 1.05. The van der Waals surface area contributed by atoms with Crippen molar-refractivity contribution in [2.45, 2.75) is 70.4 Å². The van der Waals surface area contributed by atoms with Crippen LogP contribution in [0.4, 0.5) is 9.59 Å². The molecule has 0 aromatic heterocycles. The molecule has 3 heterocycles. The summed E-state index contributed by atoms with van der Waals surface area (Å²) >= 11 is 0. The number of nitrogens with one attached hydrogen (secondary N) is 1. The number of hydrogen-bond donors (Lipinski definition) is 1. The summed E-state index contributed by atoms with van der Waals surface area (Å²) in [6, 6.07) is 8.61. The van der Waals surface area contributed by atoms with Gasteiger partial charge in [0, 0.05) is 19.7 Å². The summed E-state index contributed by atoms with van der Waals surface area (Å²) in [5, 5.41) is 1.39. The van der Waals surface area contributed by atoms with Crippen LogP contribution in [0.5, 0.6) is 0 Å². The number of carbonyl (C=O) groups excluding carboxylic acids is 3. The Morgan fingerprint density at radius 3 is 2.67 bits per heavy atom. The Bertz CT molecular complexity index is 923. The number of fused-ring (bicyclic) bond motifs is 2. The van der Waals surface area contributed by atoms with E-state index in [4.69, 9.17) is 19.1 Å². The summed E-state index contributed by atoms with van der Waals surface area (Å²) in [5.74, 6) is -0.385. The third-order valence-corrected chi connectivity index (χ3v) is 6.28. The zero-order chi connectivity index (χ0) is 25.7. The van der Waals surface area contributed by atoms with E-state index in [-0.39, 0.29) is 24.6 Å². The average molecular weight is 505 g/mol. The van der Waals surface area contributed by atoms with Crippen molar-refractivity contribution in [3.05, 3.63) is 35.9 Å². The van der Waals surface area contributed by atoms with Crippen LogP contribution in [-0.4, -0.2) is 89.5 Å². The Morgan fingerprint density at radius 1 is 1.14 bits per heavy atom. The van der Waals surface area contributed by atoms with Crippen molar-refractivity contribution in [2.75, 3.05) is 32.8 Å². The first-order valence-electron chi connectivity index (χ1n) is 12.5. The number of ether oxygens (including phenoxy) is 2. The Hall–Kier alpha value is -2.89. The van der Waals surface area contributed by atoms with E-state index in [1.165, 1.54) is 9.96 Å². The summed E-state index contributed by atoms with van der Waals surface area (Å²) in [7, 11) is 0. The first kappa shape index (κ1) is 26.2. The number of rotatable bonds is 7. The van der Waals surface area contributed by atoms with Crippen molar-refractivity contribution < 1.29 is 33.5 Å². The fourth-order valence-corrected chi connectivity index (χ4v) is 4.55. The van der Waals surface area contributed by atoms with Gasteiger partial charge >= 0.3 is 12.1 Å². The van der Waals surface area contributed by atoms with E-state index in [0.29, 0.717) is 52.1 Å². The molecule has 1 N–H and O–H groups in total. The first-order chi connectivity index (χ1) is 17.2. The lowest BCUT2D eigenvalue weighted by molar-refractivity contribution is -0.143. The Kier molecular flexibility index (Phi) is 8.32. The lowest BCUT2D eigenvalue weighted by Crippen LogP contribution is -2.50. The van der Waals surface area contributed by atoms with Gasteiger partial charge in [-0.05, 0) is 45.6 Å². The van der Waals surface area contributed by atoms with Crippen molar-refractivity contribution in [1.29, 1.82) is 0 Å². The average Bonchev–Trinajstić information content (AvgIpc) is 2.98. The van der Waals surface area contributed by atoms with Gasteiger partial charge in [-0.25, -0.2) is 15.1 Å². The number of hydrogen-bond acceptors (Lipinski definition) is 7. The summed E-state index contributed by atoms with van der Waals surface area (Å²) in [5.41, 5.74) is 2.85. The maximum absolute atomic E-state index is 12.9. The van der Waals surface area contributed by atoms with Gasteiger partial charge in [-0.3, -0.25) is 14.5 Å². The molecule has 3 aliphatic heterocycles. The molecule has 3 saturated heterocycles. The van der Waals surface area contributed by atoms with Crippen molar-refractivity contribution >= 4 is 18.0 Å². The highest BCUT2D eigenvalue weighted by molar-refractivity contribution is 5.88. The number of carbonyl (C=O) groups is 3. The summed E-state index contributed by atoms with van der Waals surface area (Å²) in [4.78, 5) is 52.6. The van der Waals surface area contributed by atoms with Gasteiger partial charge in [0.25, 0.3) is 5.91 Å². The maximum Gasteiger partial charge on any atom is 0.410 e. The molecule has 0 spiro atoms. The van der Waals surface area contributed by atoms with Gasteiger partial charge in [-0.2, -0.15) is 5.06 Å². The third kappa shape index (κ3) is 6.65. The van der Waals surface area contributed by atoms with Crippen molar-refractivity contribution in [3.8, 4) is 0 Å². The second-order valence-corrected chi connectivity index (χ2v) is 10.3. The van der Waals surface area contributed by atoms with E-state index in [2.05, 4.69) is 5.48 Å². The number of piperidine rings is 1. The lowest BCUT2D eigenvalue weighted by Gasteiger charge is -2.29. The van der Waals surface area contributed by atoms with Gasteiger partial charge in [0.15, 0.2) is 0 Å². The van der Waals surface area contributed by atoms with Gasteiger partial charge in [-0.15, -0.1) is 0 Å². The van der Waals surface area contributed by atoms with Gasteiger partial charge in [-0.1, -0.05) is 30.3 Å². The molecule has 1 aromatic rings. The molecule has 2 bridgehead atoms. The molecule has 0 aliphatic carbocycles. The minimum atomic E-state index is -0.632. The van der Waals surface area contributed by atoms with Gasteiger partial charge in [0.2, 0.25) is 0 Å². The number of benzene rings is 1. The van der Waals surface area contributed by atoms with Crippen LogP contribution in [0, 0.1) is 0 Å².